The van der Waals surface area contributed by atoms with Crippen molar-refractivity contribution in [2.45, 2.75) is 38.1 Å². The van der Waals surface area contributed by atoms with Gasteiger partial charge in [-0.15, -0.1) is 0 Å². The van der Waals surface area contributed by atoms with Crippen molar-refractivity contribution in [1.29, 1.82) is 0 Å². The molecule has 5 rings (SSSR count). The van der Waals surface area contributed by atoms with Crippen LogP contribution in [-0.2, 0) is 23.0 Å². The SMILES string of the molecule is CCCc1nc(Cl)c(C(=O)NCC)n1Cc1ccc2oc(-c3ccccc3C(=O)NS(=O)(=O)c3ccccc3)c(Br)c2c1. The molecule has 0 aliphatic heterocycles. The molecule has 2 N–H and O–H groups in total. The van der Waals surface area contributed by atoms with Gasteiger partial charge in [0.05, 0.1) is 14.9 Å². The van der Waals surface area contributed by atoms with Crippen LogP contribution in [-0.4, -0.2) is 36.3 Å². The van der Waals surface area contributed by atoms with Crippen LogP contribution in [0, 0.1) is 0 Å². The molecule has 2 heterocycles. The highest BCUT2D eigenvalue weighted by molar-refractivity contribution is 9.10. The molecular weight excluding hydrogens is 656 g/mol. The molecule has 5 aromatic rings. The van der Waals surface area contributed by atoms with Crippen molar-refractivity contribution in [2.24, 2.45) is 0 Å². The summed E-state index contributed by atoms with van der Waals surface area (Å²) < 4.78 is 36.4. The van der Waals surface area contributed by atoms with Crippen LogP contribution in [0.2, 0.25) is 5.15 Å². The number of nitrogens with zero attached hydrogens (tertiary/aromatic N) is 2. The highest BCUT2D eigenvalue weighted by Crippen LogP contribution is 2.39. The average Bonchev–Trinajstić information content (AvgIpc) is 3.48. The summed E-state index contributed by atoms with van der Waals surface area (Å²) in [7, 11) is -4.08. The first-order valence-electron chi connectivity index (χ1n) is 13.6. The van der Waals surface area contributed by atoms with E-state index in [1.54, 1.807) is 36.4 Å². The van der Waals surface area contributed by atoms with Gasteiger partial charge in [0.2, 0.25) is 0 Å². The number of amides is 2. The number of carbonyl (C=O) groups is 2. The fourth-order valence-electron chi connectivity index (χ4n) is 4.80. The van der Waals surface area contributed by atoms with Crippen molar-refractivity contribution in [3.05, 3.63) is 105 Å². The monoisotopic (exact) mass is 682 g/mol. The Hall–Kier alpha value is -3.93. The first kappa shape index (κ1) is 30.5. The predicted molar refractivity (Wildman–Crippen MR) is 169 cm³/mol. The molecule has 0 unspecified atom stereocenters. The number of nitrogens with one attached hydrogen (secondary N) is 2. The lowest BCUT2D eigenvalue weighted by Crippen LogP contribution is -2.30. The smallest absolute Gasteiger partial charge is 0.271 e. The highest BCUT2D eigenvalue weighted by Gasteiger charge is 2.25. The molecule has 0 spiro atoms. The van der Waals surface area contributed by atoms with Crippen LogP contribution in [0.5, 0.6) is 0 Å². The van der Waals surface area contributed by atoms with Gasteiger partial charge in [0.15, 0.2) is 5.15 Å². The fraction of sp³-hybridized carbons (Fsp3) is 0.194. The number of furan rings is 1. The number of benzene rings is 3. The molecule has 2 aromatic heterocycles. The highest BCUT2D eigenvalue weighted by atomic mass is 79.9. The summed E-state index contributed by atoms with van der Waals surface area (Å²) in [6.45, 7) is 4.67. The predicted octanol–water partition coefficient (Wildman–Crippen LogP) is 6.58. The molecule has 0 fully saturated rings. The molecule has 0 aliphatic rings. The summed E-state index contributed by atoms with van der Waals surface area (Å²) in [5, 5.41) is 3.70. The molecule has 9 nitrogen and oxygen atoms in total. The fourth-order valence-corrected chi connectivity index (χ4v) is 6.67. The van der Waals surface area contributed by atoms with Crippen molar-refractivity contribution >= 4 is 60.3 Å². The third kappa shape index (κ3) is 6.24. The van der Waals surface area contributed by atoms with Gasteiger partial charge in [0, 0.05) is 30.5 Å². The number of carbonyl (C=O) groups excluding carboxylic acids is 2. The van der Waals surface area contributed by atoms with Crippen LogP contribution in [0.1, 0.15) is 52.5 Å². The van der Waals surface area contributed by atoms with Crippen molar-refractivity contribution < 1.29 is 22.4 Å². The molecule has 0 saturated heterocycles. The summed E-state index contributed by atoms with van der Waals surface area (Å²) >= 11 is 10.0. The normalized spacial score (nSPS) is 11.5. The Balaban J connectivity index is 1.50. The van der Waals surface area contributed by atoms with E-state index in [9.17, 15) is 18.0 Å². The number of imidazole rings is 1. The van der Waals surface area contributed by atoms with E-state index < -0.39 is 15.9 Å². The van der Waals surface area contributed by atoms with Crippen molar-refractivity contribution in [3.63, 3.8) is 0 Å². The topological polar surface area (TPSA) is 123 Å². The first-order valence-corrected chi connectivity index (χ1v) is 16.3. The van der Waals surface area contributed by atoms with Gasteiger partial charge in [0.1, 0.15) is 22.9 Å². The second-order valence-corrected chi connectivity index (χ2v) is 12.6. The van der Waals surface area contributed by atoms with E-state index in [4.69, 9.17) is 16.0 Å². The molecule has 3 aromatic carbocycles. The molecule has 0 radical (unpaired) electrons. The minimum Gasteiger partial charge on any atom is -0.455 e. The van der Waals surface area contributed by atoms with E-state index in [0.717, 1.165) is 17.4 Å². The van der Waals surface area contributed by atoms with Gasteiger partial charge in [-0.2, -0.15) is 0 Å². The number of hydrogen-bond donors (Lipinski definition) is 2. The lowest BCUT2D eigenvalue weighted by molar-refractivity contribution is 0.0944. The van der Waals surface area contributed by atoms with E-state index >= 15 is 0 Å². The summed E-state index contributed by atoms with van der Waals surface area (Å²) in [6, 6.07) is 19.9. The van der Waals surface area contributed by atoms with Gasteiger partial charge in [-0.25, -0.2) is 18.1 Å². The van der Waals surface area contributed by atoms with Crippen LogP contribution in [0.25, 0.3) is 22.3 Å². The molecule has 0 atom stereocenters. The maximum Gasteiger partial charge on any atom is 0.271 e. The maximum absolute atomic E-state index is 13.2. The average molecular weight is 684 g/mol. The van der Waals surface area contributed by atoms with Gasteiger partial charge in [-0.1, -0.05) is 61.0 Å². The van der Waals surface area contributed by atoms with Crippen molar-refractivity contribution in [1.82, 2.24) is 19.6 Å². The Morgan fingerprint density at radius 3 is 2.44 bits per heavy atom. The Labute approximate surface area is 262 Å². The number of aryl methyl sites for hydroxylation is 1. The molecule has 0 saturated carbocycles. The van der Waals surface area contributed by atoms with E-state index in [1.165, 1.54) is 18.2 Å². The Morgan fingerprint density at radius 1 is 1.00 bits per heavy atom. The quantitative estimate of drug-likeness (QED) is 0.171. The second-order valence-electron chi connectivity index (χ2n) is 9.73. The van der Waals surface area contributed by atoms with Gasteiger partial charge in [-0.3, -0.25) is 9.59 Å². The van der Waals surface area contributed by atoms with Crippen LogP contribution >= 0.6 is 27.5 Å². The molecule has 0 bridgehead atoms. The van der Waals surface area contributed by atoms with Crippen LogP contribution < -0.4 is 10.0 Å². The molecule has 2 amide bonds. The standard InChI is InChI=1S/C31H28BrClN4O5S/c1-3-10-25-35-29(33)27(31(39)34-4-2)37(25)18-19-15-16-24-23(17-19)26(32)28(42-24)21-13-8-9-14-22(21)30(38)36-43(40,41)20-11-6-5-7-12-20/h5-9,11-17H,3-4,10,18H2,1-2H3,(H,34,39)(H,36,38). The van der Waals surface area contributed by atoms with E-state index in [0.29, 0.717) is 52.4 Å². The zero-order valence-electron chi connectivity index (χ0n) is 23.4. The zero-order valence-corrected chi connectivity index (χ0v) is 26.5. The summed E-state index contributed by atoms with van der Waals surface area (Å²) in [5.41, 5.74) is 2.28. The third-order valence-corrected chi connectivity index (χ3v) is 9.16. The molecule has 12 heteroatoms. The van der Waals surface area contributed by atoms with E-state index in [2.05, 4.69) is 31.0 Å². The summed E-state index contributed by atoms with van der Waals surface area (Å²) in [5.74, 6) is 0.00626. The van der Waals surface area contributed by atoms with Crippen LogP contribution in [0.4, 0.5) is 0 Å². The van der Waals surface area contributed by atoms with Gasteiger partial charge in [-0.05, 0) is 65.2 Å². The first-order chi connectivity index (χ1) is 20.6. The van der Waals surface area contributed by atoms with Gasteiger partial charge in [0.25, 0.3) is 21.8 Å². The summed E-state index contributed by atoms with van der Waals surface area (Å²) in [6.07, 6.45) is 1.48. The minimum atomic E-state index is -4.08. The van der Waals surface area contributed by atoms with E-state index in [-0.39, 0.29) is 21.5 Å². The third-order valence-electron chi connectivity index (χ3n) is 6.76. The number of aromatic nitrogens is 2. The minimum absolute atomic E-state index is 0.0186. The lowest BCUT2D eigenvalue weighted by atomic mass is 10.0. The van der Waals surface area contributed by atoms with Crippen LogP contribution in [0.3, 0.4) is 0 Å². The molecule has 222 valence electrons. The van der Waals surface area contributed by atoms with Crippen LogP contribution in [0.15, 0.2) is 86.6 Å². The zero-order chi connectivity index (χ0) is 30.7. The Kier molecular flexibility index (Phi) is 9.05. The lowest BCUT2D eigenvalue weighted by Gasteiger charge is -2.12. The molecule has 43 heavy (non-hydrogen) atoms. The second kappa shape index (κ2) is 12.7. The maximum atomic E-state index is 13.2. The number of rotatable bonds is 10. The largest absolute Gasteiger partial charge is 0.455 e. The van der Waals surface area contributed by atoms with Gasteiger partial charge < -0.3 is 14.3 Å². The Morgan fingerprint density at radius 2 is 1.72 bits per heavy atom. The number of fused-ring (bicyclic) bond motifs is 1. The van der Waals surface area contributed by atoms with Gasteiger partial charge >= 0.3 is 0 Å². The number of hydrogen-bond acceptors (Lipinski definition) is 6. The summed E-state index contributed by atoms with van der Waals surface area (Å²) in [4.78, 5) is 30.5. The van der Waals surface area contributed by atoms with Crippen molar-refractivity contribution in [3.8, 4) is 11.3 Å². The van der Waals surface area contributed by atoms with Crippen molar-refractivity contribution in [2.75, 3.05) is 6.54 Å². The molecular formula is C31H28BrClN4O5S. The Bertz CT molecular complexity index is 1940. The molecule has 0 aliphatic carbocycles. The van der Waals surface area contributed by atoms with E-state index in [1.807, 2.05) is 36.6 Å². The number of sulfonamides is 1. The number of halogens is 2.